The van der Waals surface area contributed by atoms with Crippen molar-refractivity contribution < 1.29 is 19.1 Å². The minimum Gasteiger partial charge on any atom is -0.466 e. The van der Waals surface area contributed by atoms with Gasteiger partial charge in [0.25, 0.3) is 0 Å². The second-order valence-electron chi connectivity index (χ2n) is 5.24. The van der Waals surface area contributed by atoms with Crippen LogP contribution in [0.4, 0.5) is 4.79 Å². The molecule has 0 aromatic carbocycles. The van der Waals surface area contributed by atoms with Gasteiger partial charge in [0.2, 0.25) is 0 Å². The predicted octanol–water partition coefficient (Wildman–Crippen LogP) is 2.78. The van der Waals surface area contributed by atoms with Crippen LogP contribution in [-0.4, -0.2) is 30.8 Å². The summed E-state index contributed by atoms with van der Waals surface area (Å²) in [6.45, 7) is 4.60. The Morgan fingerprint density at radius 1 is 1.21 bits per heavy atom. The molecule has 0 atom stereocenters. The van der Waals surface area contributed by atoms with Crippen molar-refractivity contribution in [2.24, 2.45) is 0 Å². The summed E-state index contributed by atoms with van der Waals surface area (Å²) in [6.07, 6.45) is 5.84. The minimum atomic E-state index is -0.381. The number of esters is 1. The molecule has 0 heterocycles. The van der Waals surface area contributed by atoms with E-state index in [9.17, 15) is 9.59 Å². The molecule has 1 aliphatic carbocycles. The normalized spacial score (nSPS) is 17.6. The summed E-state index contributed by atoms with van der Waals surface area (Å²) in [4.78, 5) is 22.7. The predicted molar refractivity (Wildman–Crippen MR) is 71.8 cm³/mol. The fraction of sp³-hybridized carbons (Fsp3) is 0.857. The highest BCUT2D eigenvalue weighted by atomic mass is 16.6. The van der Waals surface area contributed by atoms with Gasteiger partial charge in [-0.05, 0) is 46.0 Å². The van der Waals surface area contributed by atoms with Crippen molar-refractivity contribution in [2.45, 2.75) is 64.4 Å². The molecule has 0 aromatic rings. The molecule has 0 unspecified atom stereocenters. The summed E-state index contributed by atoms with van der Waals surface area (Å²) in [6, 6.07) is 0. The first kappa shape index (κ1) is 15.8. The summed E-state index contributed by atoms with van der Waals surface area (Å²) in [5, 5.41) is 2.68. The number of hydrogen-bond donors (Lipinski definition) is 1. The van der Waals surface area contributed by atoms with Crippen LogP contribution in [0.2, 0.25) is 0 Å². The van der Waals surface area contributed by atoms with Crippen molar-refractivity contribution >= 4 is 12.1 Å². The molecule has 0 radical (unpaired) electrons. The maximum Gasteiger partial charge on any atom is 0.407 e. The molecule has 0 aromatic heterocycles. The highest BCUT2D eigenvalue weighted by Gasteiger charge is 2.30. The maximum absolute atomic E-state index is 11.6. The van der Waals surface area contributed by atoms with Crippen LogP contribution >= 0.6 is 0 Å². The van der Waals surface area contributed by atoms with Gasteiger partial charge in [-0.25, -0.2) is 4.79 Å². The van der Waals surface area contributed by atoms with Crippen LogP contribution in [0.3, 0.4) is 0 Å². The molecular formula is C14H25NO4. The maximum atomic E-state index is 11.6. The summed E-state index contributed by atoms with van der Waals surface area (Å²) in [5.41, 5.74) is -0.316. The molecule has 1 N–H and O–H groups in total. The third-order valence-electron chi connectivity index (χ3n) is 3.38. The standard InChI is InChI=1S/C14H25NO4/c1-3-18-12(16)8-7-11-15-13(17)19-14(2)9-5-4-6-10-14/h3-11H2,1-2H3,(H,15,17). The van der Waals surface area contributed by atoms with E-state index in [1.54, 1.807) is 6.92 Å². The molecule has 1 fully saturated rings. The Morgan fingerprint density at radius 2 is 1.89 bits per heavy atom. The van der Waals surface area contributed by atoms with Crippen molar-refractivity contribution in [3.8, 4) is 0 Å². The number of alkyl carbamates (subject to hydrolysis) is 1. The molecule has 19 heavy (non-hydrogen) atoms. The van der Waals surface area contributed by atoms with Gasteiger partial charge < -0.3 is 14.8 Å². The second kappa shape index (κ2) is 8.02. The fourth-order valence-corrected chi connectivity index (χ4v) is 2.32. The molecule has 5 nitrogen and oxygen atoms in total. The van der Waals surface area contributed by atoms with Crippen molar-refractivity contribution in [3.05, 3.63) is 0 Å². The SMILES string of the molecule is CCOC(=O)CCCNC(=O)OC1(C)CCCCC1. The molecule has 110 valence electrons. The van der Waals surface area contributed by atoms with Crippen molar-refractivity contribution in [2.75, 3.05) is 13.2 Å². The minimum absolute atomic E-state index is 0.225. The van der Waals surface area contributed by atoms with Gasteiger partial charge in [0.1, 0.15) is 5.60 Å². The van der Waals surface area contributed by atoms with E-state index >= 15 is 0 Å². The lowest BCUT2D eigenvalue weighted by atomic mass is 9.86. The molecule has 1 aliphatic rings. The van der Waals surface area contributed by atoms with E-state index in [0.717, 1.165) is 25.7 Å². The van der Waals surface area contributed by atoms with Crippen LogP contribution in [0.5, 0.6) is 0 Å². The van der Waals surface area contributed by atoms with Gasteiger partial charge in [-0.15, -0.1) is 0 Å². The van der Waals surface area contributed by atoms with E-state index in [4.69, 9.17) is 9.47 Å². The summed E-state index contributed by atoms with van der Waals surface area (Å²) >= 11 is 0. The average molecular weight is 271 g/mol. The first-order chi connectivity index (χ1) is 9.06. The zero-order chi connectivity index (χ0) is 14.1. The van der Waals surface area contributed by atoms with E-state index in [1.165, 1.54) is 6.42 Å². The third kappa shape index (κ3) is 6.45. The smallest absolute Gasteiger partial charge is 0.407 e. The summed E-state index contributed by atoms with van der Waals surface area (Å²) < 4.78 is 10.3. The number of rotatable bonds is 6. The Morgan fingerprint density at radius 3 is 2.53 bits per heavy atom. The highest BCUT2D eigenvalue weighted by Crippen LogP contribution is 2.30. The van der Waals surface area contributed by atoms with Gasteiger partial charge in [-0.3, -0.25) is 4.79 Å². The van der Waals surface area contributed by atoms with Crippen LogP contribution < -0.4 is 5.32 Å². The van der Waals surface area contributed by atoms with Crippen molar-refractivity contribution in [1.82, 2.24) is 5.32 Å². The molecule has 1 saturated carbocycles. The molecular weight excluding hydrogens is 246 g/mol. The van der Waals surface area contributed by atoms with Gasteiger partial charge in [-0.1, -0.05) is 6.42 Å². The Bertz CT molecular complexity index is 298. The zero-order valence-corrected chi connectivity index (χ0v) is 12.0. The number of hydrogen-bond acceptors (Lipinski definition) is 4. The first-order valence-electron chi connectivity index (χ1n) is 7.18. The molecule has 0 saturated heterocycles. The van der Waals surface area contributed by atoms with Gasteiger partial charge >= 0.3 is 12.1 Å². The molecule has 5 heteroatoms. The molecule has 0 spiro atoms. The first-order valence-corrected chi connectivity index (χ1v) is 7.18. The van der Waals surface area contributed by atoms with Gasteiger partial charge in [0, 0.05) is 13.0 Å². The Hall–Kier alpha value is -1.26. The van der Waals surface area contributed by atoms with Crippen molar-refractivity contribution in [1.29, 1.82) is 0 Å². The second-order valence-corrected chi connectivity index (χ2v) is 5.24. The van der Waals surface area contributed by atoms with Crippen LogP contribution in [0, 0.1) is 0 Å². The van der Waals surface area contributed by atoms with E-state index in [1.807, 2.05) is 6.92 Å². The lowest BCUT2D eigenvalue weighted by Crippen LogP contribution is -2.38. The molecule has 1 rings (SSSR count). The fourth-order valence-electron chi connectivity index (χ4n) is 2.32. The van der Waals surface area contributed by atoms with E-state index in [0.29, 0.717) is 26.0 Å². The zero-order valence-electron chi connectivity index (χ0n) is 12.0. The number of amides is 1. The summed E-state index contributed by atoms with van der Waals surface area (Å²) in [5.74, 6) is -0.225. The largest absolute Gasteiger partial charge is 0.466 e. The van der Waals surface area contributed by atoms with Crippen LogP contribution in [0.15, 0.2) is 0 Å². The third-order valence-corrected chi connectivity index (χ3v) is 3.38. The number of ether oxygens (including phenoxy) is 2. The average Bonchev–Trinajstić information content (AvgIpc) is 2.35. The molecule has 0 bridgehead atoms. The number of carbonyl (C=O) groups is 2. The molecule has 0 aliphatic heterocycles. The van der Waals surface area contributed by atoms with Crippen LogP contribution in [0.1, 0.15) is 58.8 Å². The monoisotopic (exact) mass is 271 g/mol. The van der Waals surface area contributed by atoms with Gasteiger partial charge in [-0.2, -0.15) is 0 Å². The van der Waals surface area contributed by atoms with Gasteiger partial charge in [0.15, 0.2) is 0 Å². The lowest BCUT2D eigenvalue weighted by molar-refractivity contribution is -0.143. The summed E-state index contributed by atoms with van der Waals surface area (Å²) in [7, 11) is 0. The van der Waals surface area contributed by atoms with Crippen LogP contribution in [-0.2, 0) is 14.3 Å². The van der Waals surface area contributed by atoms with Gasteiger partial charge in [0.05, 0.1) is 6.61 Å². The van der Waals surface area contributed by atoms with E-state index in [-0.39, 0.29) is 17.7 Å². The number of nitrogens with one attached hydrogen (secondary N) is 1. The number of carbonyl (C=O) groups excluding carboxylic acids is 2. The lowest BCUT2D eigenvalue weighted by Gasteiger charge is -2.33. The topological polar surface area (TPSA) is 64.6 Å². The van der Waals surface area contributed by atoms with E-state index < -0.39 is 0 Å². The molecule has 1 amide bonds. The Labute approximate surface area is 115 Å². The van der Waals surface area contributed by atoms with Crippen molar-refractivity contribution in [3.63, 3.8) is 0 Å². The quantitative estimate of drug-likeness (QED) is 0.596. The Kier molecular flexibility index (Phi) is 6.67. The van der Waals surface area contributed by atoms with E-state index in [2.05, 4.69) is 5.32 Å². The van der Waals surface area contributed by atoms with Crippen LogP contribution in [0.25, 0.3) is 0 Å². The highest BCUT2D eigenvalue weighted by molar-refractivity contribution is 5.70. The Balaban J connectivity index is 2.12.